The van der Waals surface area contributed by atoms with Gasteiger partial charge < -0.3 is 19.2 Å². The summed E-state index contributed by atoms with van der Waals surface area (Å²) in [5, 5.41) is 2.78. The molecule has 0 bridgehead atoms. The number of methoxy groups -OCH3 is 2. The number of furan rings is 1. The summed E-state index contributed by atoms with van der Waals surface area (Å²) in [7, 11) is 2.91. The highest BCUT2D eigenvalue weighted by atomic mass is 32.1. The lowest BCUT2D eigenvalue weighted by Gasteiger charge is -2.14. The topological polar surface area (TPSA) is 43.6 Å². The molecule has 8 heteroatoms. The number of halogens is 3. The van der Waals surface area contributed by atoms with Crippen molar-refractivity contribution in [1.82, 2.24) is 0 Å². The van der Waals surface area contributed by atoms with E-state index in [1.54, 1.807) is 18.2 Å². The zero-order chi connectivity index (χ0) is 16.3. The Bertz CT molecular complexity index is 660. The highest BCUT2D eigenvalue weighted by Gasteiger charge is 2.35. The summed E-state index contributed by atoms with van der Waals surface area (Å²) >= 11 is 5.07. The molecule has 0 aliphatic rings. The van der Waals surface area contributed by atoms with E-state index >= 15 is 0 Å². The van der Waals surface area contributed by atoms with Crippen molar-refractivity contribution in [3.63, 3.8) is 0 Å². The zero-order valence-electron chi connectivity index (χ0n) is 11.7. The van der Waals surface area contributed by atoms with E-state index in [1.165, 1.54) is 14.2 Å². The van der Waals surface area contributed by atoms with Crippen LogP contribution in [0.1, 0.15) is 11.5 Å². The van der Waals surface area contributed by atoms with Gasteiger partial charge in [0, 0.05) is 0 Å². The number of ether oxygens (including phenoxy) is 2. The summed E-state index contributed by atoms with van der Waals surface area (Å²) in [5.41, 5.74) is 0.405. The largest absolute Gasteiger partial charge is 0.494 e. The van der Waals surface area contributed by atoms with Crippen LogP contribution in [0.5, 0.6) is 11.5 Å². The van der Waals surface area contributed by atoms with Crippen molar-refractivity contribution in [2.24, 2.45) is 0 Å². The fourth-order valence-electron chi connectivity index (χ4n) is 1.76. The van der Waals surface area contributed by atoms with E-state index in [9.17, 15) is 13.2 Å². The summed E-state index contributed by atoms with van der Waals surface area (Å²) in [6.45, 7) is 0. The molecule has 1 aromatic heterocycles. The van der Waals surface area contributed by atoms with Crippen LogP contribution in [0.25, 0.3) is 0 Å². The van der Waals surface area contributed by atoms with Gasteiger partial charge in [0.15, 0.2) is 5.76 Å². The Morgan fingerprint density at radius 1 is 1.09 bits per heavy atom. The van der Waals surface area contributed by atoms with Crippen LogP contribution in [0.2, 0.25) is 0 Å². The quantitative estimate of drug-likeness (QED) is 0.855. The van der Waals surface area contributed by atoms with Crippen molar-refractivity contribution in [3.05, 3.63) is 41.9 Å². The molecule has 0 radical (unpaired) electrons. The molecular weight excluding hydrogens is 319 g/mol. The van der Waals surface area contributed by atoms with Crippen molar-refractivity contribution in [2.75, 3.05) is 19.5 Å². The van der Waals surface area contributed by atoms with Crippen molar-refractivity contribution in [2.45, 2.75) is 6.18 Å². The molecule has 22 heavy (non-hydrogen) atoms. The number of hydrogen-bond donors (Lipinski definition) is 1. The van der Waals surface area contributed by atoms with Gasteiger partial charge in [-0.15, -0.1) is 0 Å². The van der Waals surface area contributed by atoms with Crippen molar-refractivity contribution >= 4 is 22.9 Å². The lowest BCUT2D eigenvalue weighted by atomic mass is 10.2. The van der Waals surface area contributed by atoms with Crippen LogP contribution >= 0.6 is 12.2 Å². The summed E-state index contributed by atoms with van der Waals surface area (Å²) in [6.07, 6.45) is -4.56. The smallest absolute Gasteiger partial charge is 0.449 e. The SMILES string of the molecule is COc1cccc(OC)c1NC(=S)c1ccc(C(F)(F)F)o1. The molecule has 0 aliphatic heterocycles. The van der Waals surface area contributed by atoms with Gasteiger partial charge in [0.1, 0.15) is 22.2 Å². The third-order valence-corrected chi connectivity index (χ3v) is 3.08. The maximum absolute atomic E-state index is 12.5. The molecule has 0 spiro atoms. The van der Waals surface area contributed by atoms with Gasteiger partial charge in [-0.1, -0.05) is 18.3 Å². The second-order valence-corrected chi connectivity index (χ2v) is 4.56. The molecule has 0 saturated carbocycles. The maximum Gasteiger partial charge on any atom is 0.449 e. The van der Waals surface area contributed by atoms with Gasteiger partial charge in [-0.3, -0.25) is 0 Å². The molecule has 118 valence electrons. The molecule has 2 aromatic rings. The standard InChI is InChI=1S/C14H12F3NO3S/c1-19-8-4-3-5-9(20-2)12(8)18-13(22)10-6-7-11(21-10)14(15,16)17/h3-7H,1-2H3,(H,18,22). The number of anilines is 1. The first-order valence-electron chi connectivity index (χ1n) is 6.06. The van der Waals surface area contributed by atoms with Gasteiger partial charge in [0.2, 0.25) is 5.76 Å². The lowest BCUT2D eigenvalue weighted by molar-refractivity contribution is -0.153. The van der Waals surface area contributed by atoms with Crippen LogP contribution in [-0.4, -0.2) is 19.2 Å². The Morgan fingerprint density at radius 2 is 1.68 bits per heavy atom. The predicted molar refractivity (Wildman–Crippen MR) is 78.6 cm³/mol. The third-order valence-electron chi connectivity index (χ3n) is 2.78. The Labute approximate surface area is 129 Å². The molecule has 0 aliphatic carbocycles. The molecular formula is C14H12F3NO3S. The average molecular weight is 331 g/mol. The van der Waals surface area contributed by atoms with E-state index in [4.69, 9.17) is 26.1 Å². The zero-order valence-corrected chi connectivity index (χ0v) is 12.5. The second-order valence-electron chi connectivity index (χ2n) is 4.15. The number of hydrogen-bond acceptors (Lipinski definition) is 4. The van der Waals surface area contributed by atoms with Gasteiger partial charge >= 0.3 is 6.18 Å². The van der Waals surface area contributed by atoms with Gasteiger partial charge in [-0.2, -0.15) is 13.2 Å². The molecule has 0 saturated heterocycles. The fraction of sp³-hybridized carbons (Fsp3) is 0.214. The first-order valence-corrected chi connectivity index (χ1v) is 6.47. The minimum atomic E-state index is -4.56. The Balaban J connectivity index is 2.28. The summed E-state index contributed by atoms with van der Waals surface area (Å²) in [4.78, 5) is -0.0155. The summed E-state index contributed by atoms with van der Waals surface area (Å²) < 4.78 is 52.7. The number of para-hydroxylation sites is 1. The van der Waals surface area contributed by atoms with Crippen molar-refractivity contribution in [1.29, 1.82) is 0 Å². The lowest BCUT2D eigenvalue weighted by Crippen LogP contribution is -2.12. The maximum atomic E-state index is 12.5. The molecule has 1 heterocycles. The molecule has 0 amide bonds. The molecule has 0 unspecified atom stereocenters. The first kappa shape index (κ1) is 16.2. The van der Waals surface area contributed by atoms with Crippen LogP contribution in [0.15, 0.2) is 34.7 Å². The second kappa shape index (κ2) is 6.27. The first-order chi connectivity index (χ1) is 10.4. The summed E-state index contributed by atoms with van der Waals surface area (Å²) in [5.74, 6) is -0.345. The molecule has 1 aromatic carbocycles. The van der Waals surface area contributed by atoms with Crippen LogP contribution in [0.3, 0.4) is 0 Å². The van der Waals surface area contributed by atoms with Crippen LogP contribution in [0.4, 0.5) is 18.9 Å². The number of thiocarbonyl (C=S) groups is 1. The molecule has 0 atom stereocenters. The van der Waals surface area contributed by atoms with Gasteiger partial charge in [-0.25, -0.2) is 0 Å². The molecule has 4 nitrogen and oxygen atoms in total. The summed E-state index contributed by atoms with van der Waals surface area (Å²) in [6, 6.07) is 7.01. The minimum Gasteiger partial charge on any atom is -0.494 e. The number of rotatable bonds is 4. The fourth-order valence-corrected chi connectivity index (χ4v) is 1.97. The molecule has 0 fully saturated rings. The van der Waals surface area contributed by atoms with Crippen molar-refractivity contribution < 1.29 is 27.1 Å². The van der Waals surface area contributed by atoms with E-state index in [2.05, 4.69) is 5.32 Å². The van der Waals surface area contributed by atoms with Crippen LogP contribution in [0, 0.1) is 0 Å². The predicted octanol–water partition coefficient (Wildman–Crippen LogP) is 4.10. The van der Waals surface area contributed by atoms with E-state index in [0.29, 0.717) is 17.2 Å². The van der Waals surface area contributed by atoms with Gasteiger partial charge in [-0.05, 0) is 24.3 Å². The Kier molecular flexibility index (Phi) is 4.60. The Hall–Kier alpha value is -2.22. The van der Waals surface area contributed by atoms with Crippen LogP contribution in [-0.2, 0) is 6.18 Å². The monoisotopic (exact) mass is 331 g/mol. The van der Waals surface area contributed by atoms with Gasteiger partial charge in [0.25, 0.3) is 0 Å². The number of benzene rings is 1. The van der Waals surface area contributed by atoms with E-state index in [1.807, 2.05) is 0 Å². The number of nitrogens with one attached hydrogen (secondary N) is 1. The highest BCUT2D eigenvalue weighted by Crippen LogP contribution is 2.35. The van der Waals surface area contributed by atoms with Crippen molar-refractivity contribution in [3.8, 4) is 11.5 Å². The van der Waals surface area contributed by atoms with E-state index < -0.39 is 11.9 Å². The van der Waals surface area contributed by atoms with E-state index in [0.717, 1.165) is 12.1 Å². The molecule has 1 N–H and O–H groups in total. The van der Waals surface area contributed by atoms with Crippen LogP contribution < -0.4 is 14.8 Å². The average Bonchev–Trinajstić information content (AvgIpc) is 2.97. The highest BCUT2D eigenvalue weighted by molar-refractivity contribution is 7.81. The molecule has 2 rings (SSSR count). The Morgan fingerprint density at radius 3 is 2.14 bits per heavy atom. The third kappa shape index (κ3) is 3.33. The van der Waals surface area contributed by atoms with Gasteiger partial charge in [0.05, 0.1) is 14.2 Å². The van der Waals surface area contributed by atoms with E-state index in [-0.39, 0.29) is 10.7 Å². The normalized spacial score (nSPS) is 11.1. The minimum absolute atomic E-state index is 0.0155. The number of alkyl halides is 3.